The molecule has 1 aliphatic heterocycles. The second kappa shape index (κ2) is 10.3. The molecule has 192 valence electrons. The van der Waals surface area contributed by atoms with Gasteiger partial charge < -0.3 is 25.3 Å². The number of primary amides is 1. The van der Waals surface area contributed by atoms with Crippen LogP contribution in [0.5, 0.6) is 11.5 Å². The standard InChI is InChI=1S/C26H27F3N2O5/c1-13-20(22(24(30)32)15-10-11-18(34-3)19(12-15)35-4)23(21(14(2)31-13)25(33)36-5)16-8-6-7-9-17(16)26(27,28)29/h6-12,22-23,31H,1-5H3,(H2,30,32). The van der Waals surface area contributed by atoms with Gasteiger partial charge in [0.25, 0.3) is 0 Å². The van der Waals surface area contributed by atoms with E-state index in [1.165, 1.54) is 38.5 Å². The molecule has 1 amide bonds. The molecule has 2 aromatic rings. The van der Waals surface area contributed by atoms with Crippen LogP contribution in [0.2, 0.25) is 0 Å². The van der Waals surface area contributed by atoms with E-state index in [-0.39, 0.29) is 16.7 Å². The predicted octanol–water partition coefficient (Wildman–Crippen LogP) is 4.40. The van der Waals surface area contributed by atoms with Crippen molar-refractivity contribution in [3.8, 4) is 11.5 Å². The van der Waals surface area contributed by atoms with Gasteiger partial charge in [-0.3, -0.25) is 4.79 Å². The van der Waals surface area contributed by atoms with Crippen LogP contribution in [-0.4, -0.2) is 33.2 Å². The van der Waals surface area contributed by atoms with Crippen molar-refractivity contribution >= 4 is 11.9 Å². The van der Waals surface area contributed by atoms with Gasteiger partial charge in [-0.2, -0.15) is 13.2 Å². The topological polar surface area (TPSA) is 99.9 Å². The van der Waals surface area contributed by atoms with Crippen LogP contribution in [0.3, 0.4) is 0 Å². The summed E-state index contributed by atoms with van der Waals surface area (Å²) in [6, 6.07) is 9.60. The number of dihydropyridines is 1. The first-order valence-corrected chi connectivity index (χ1v) is 10.9. The SMILES string of the molecule is COC(=O)C1=C(C)NC(C)=C(C(C(N)=O)c2ccc(OC)c(OC)c2)C1c1ccccc1C(F)(F)F. The van der Waals surface area contributed by atoms with Crippen molar-refractivity contribution in [3.63, 3.8) is 0 Å². The fourth-order valence-corrected chi connectivity index (χ4v) is 4.63. The van der Waals surface area contributed by atoms with E-state index in [1.54, 1.807) is 26.0 Å². The second-order valence-corrected chi connectivity index (χ2v) is 8.20. The number of amides is 1. The summed E-state index contributed by atoms with van der Waals surface area (Å²) in [7, 11) is 4.00. The lowest BCUT2D eigenvalue weighted by Crippen LogP contribution is -2.35. The summed E-state index contributed by atoms with van der Waals surface area (Å²) in [5, 5.41) is 3.02. The molecule has 2 aromatic carbocycles. The molecule has 2 atom stereocenters. The zero-order chi connectivity index (χ0) is 26.8. The highest BCUT2D eigenvalue weighted by Gasteiger charge is 2.44. The maximum absolute atomic E-state index is 14.1. The average molecular weight is 505 g/mol. The molecule has 3 rings (SSSR count). The van der Waals surface area contributed by atoms with Crippen LogP contribution in [0.15, 0.2) is 65.0 Å². The van der Waals surface area contributed by atoms with E-state index in [0.29, 0.717) is 28.5 Å². The molecular weight excluding hydrogens is 477 g/mol. The number of benzene rings is 2. The van der Waals surface area contributed by atoms with Gasteiger partial charge in [-0.1, -0.05) is 24.3 Å². The number of alkyl halides is 3. The van der Waals surface area contributed by atoms with E-state index >= 15 is 0 Å². The van der Waals surface area contributed by atoms with Crippen molar-refractivity contribution in [2.75, 3.05) is 21.3 Å². The summed E-state index contributed by atoms with van der Waals surface area (Å²) in [4.78, 5) is 25.8. The van der Waals surface area contributed by atoms with Gasteiger partial charge in [0.2, 0.25) is 5.91 Å². The van der Waals surface area contributed by atoms with Crippen molar-refractivity contribution in [1.82, 2.24) is 5.32 Å². The number of nitrogens with two attached hydrogens (primary N) is 1. The minimum absolute atomic E-state index is 0.0541. The molecule has 10 heteroatoms. The molecule has 0 saturated carbocycles. The number of esters is 1. The van der Waals surface area contributed by atoms with Gasteiger partial charge in [-0.25, -0.2) is 4.79 Å². The van der Waals surface area contributed by atoms with Gasteiger partial charge in [0, 0.05) is 17.3 Å². The monoisotopic (exact) mass is 504 g/mol. The molecule has 36 heavy (non-hydrogen) atoms. The Balaban J connectivity index is 2.37. The Morgan fingerprint density at radius 1 is 0.972 bits per heavy atom. The fraction of sp³-hybridized carbons (Fsp3) is 0.308. The third-order valence-electron chi connectivity index (χ3n) is 6.13. The molecule has 0 spiro atoms. The summed E-state index contributed by atoms with van der Waals surface area (Å²) in [6.07, 6.45) is -4.72. The zero-order valence-corrected chi connectivity index (χ0v) is 20.4. The Morgan fingerprint density at radius 2 is 1.61 bits per heavy atom. The fourth-order valence-electron chi connectivity index (χ4n) is 4.63. The third kappa shape index (κ3) is 4.89. The molecule has 1 aliphatic rings. The van der Waals surface area contributed by atoms with Crippen LogP contribution in [-0.2, 0) is 20.5 Å². The number of hydrogen-bond acceptors (Lipinski definition) is 6. The first-order chi connectivity index (χ1) is 17.0. The Kier molecular flexibility index (Phi) is 7.66. The van der Waals surface area contributed by atoms with Gasteiger partial charge >= 0.3 is 12.1 Å². The summed E-state index contributed by atoms with van der Waals surface area (Å²) in [5.74, 6) is -3.45. The van der Waals surface area contributed by atoms with Crippen LogP contribution >= 0.6 is 0 Å². The lowest BCUT2D eigenvalue weighted by atomic mass is 9.72. The highest BCUT2D eigenvalue weighted by atomic mass is 19.4. The van der Waals surface area contributed by atoms with E-state index in [2.05, 4.69) is 5.32 Å². The molecule has 0 fully saturated rings. The first kappa shape index (κ1) is 26.7. The van der Waals surface area contributed by atoms with E-state index in [0.717, 1.165) is 13.2 Å². The molecule has 0 aliphatic carbocycles. The highest BCUT2D eigenvalue weighted by Crippen LogP contribution is 2.49. The van der Waals surface area contributed by atoms with Crippen molar-refractivity contribution in [1.29, 1.82) is 0 Å². The van der Waals surface area contributed by atoms with E-state index in [1.807, 2.05) is 0 Å². The second-order valence-electron chi connectivity index (χ2n) is 8.20. The van der Waals surface area contributed by atoms with Crippen molar-refractivity contribution in [2.45, 2.75) is 31.9 Å². The molecule has 0 bridgehead atoms. The van der Waals surface area contributed by atoms with Crippen LogP contribution in [0, 0.1) is 0 Å². The maximum atomic E-state index is 14.1. The summed E-state index contributed by atoms with van der Waals surface area (Å²) in [5.41, 5.74) is 5.90. The van der Waals surface area contributed by atoms with E-state index < -0.39 is 35.5 Å². The Hall–Kier alpha value is -3.95. The summed E-state index contributed by atoms with van der Waals surface area (Å²) < 4.78 is 57.9. The molecule has 7 nitrogen and oxygen atoms in total. The largest absolute Gasteiger partial charge is 0.493 e. The highest BCUT2D eigenvalue weighted by molar-refractivity contribution is 5.95. The van der Waals surface area contributed by atoms with E-state index in [4.69, 9.17) is 19.9 Å². The van der Waals surface area contributed by atoms with Crippen LogP contribution in [0.4, 0.5) is 13.2 Å². The third-order valence-corrected chi connectivity index (χ3v) is 6.13. The van der Waals surface area contributed by atoms with Gasteiger partial charge in [-0.05, 0) is 48.7 Å². The quantitative estimate of drug-likeness (QED) is 0.543. The number of nitrogens with one attached hydrogen (secondary N) is 1. The Bertz CT molecular complexity index is 1250. The first-order valence-electron chi connectivity index (χ1n) is 10.9. The number of hydrogen-bond donors (Lipinski definition) is 2. The number of halogens is 3. The number of carbonyl (C=O) groups is 2. The van der Waals surface area contributed by atoms with Gasteiger partial charge in [0.05, 0.1) is 38.4 Å². The van der Waals surface area contributed by atoms with Crippen molar-refractivity contribution in [3.05, 3.63) is 81.7 Å². The maximum Gasteiger partial charge on any atom is 0.416 e. The molecule has 1 heterocycles. The van der Waals surface area contributed by atoms with Crippen molar-refractivity contribution in [2.24, 2.45) is 5.73 Å². The molecule has 0 radical (unpaired) electrons. The molecule has 3 N–H and O–H groups in total. The minimum atomic E-state index is -4.72. The Morgan fingerprint density at radius 3 is 2.17 bits per heavy atom. The molecule has 0 saturated heterocycles. The predicted molar refractivity (Wildman–Crippen MR) is 126 cm³/mol. The average Bonchev–Trinajstić information content (AvgIpc) is 2.83. The number of allylic oxidation sites excluding steroid dienone is 2. The van der Waals surface area contributed by atoms with Crippen molar-refractivity contribution < 1.29 is 37.0 Å². The molecule has 2 unspecified atom stereocenters. The smallest absolute Gasteiger partial charge is 0.416 e. The number of carbonyl (C=O) groups excluding carboxylic acids is 2. The molecular formula is C26H27F3N2O5. The number of ether oxygens (including phenoxy) is 3. The van der Waals surface area contributed by atoms with Gasteiger partial charge in [-0.15, -0.1) is 0 Å². The number of rotatable bonds is 7. The zero-order valence-electron chi connectivity index (χ0n) is 20.4. The Labute approximate surface area is 206 Å². The summed E-state index contributed by atoms with van der Waals surface area (Å²) >= 11 is 0. The van der Waals surface area contributed by atoms with E-state index in [9.17, 15) is 22.8 Å². The van der Waals surface area contributed by atoms with Gasteiger partial charge in [0.15, 0.2) is 11.5 Å². The summed E-state index contributed by atoms with van der Waals surface area (Å²) in [6.45, 7) is 3.18. The lowest BCUT2D eigenvalue weighted by molar-refractivity contribution is -0.139. The number of methoxy groups -OCH3 is 3. The molecule has 0 aromatic heterocycles. The normalized spacial score (nSPS) is 16.8. The lowest BCUT2D eigenvalue weighted by Gasteiger charge is -2.36. The minimum Gasteiger partial charge on any atom is -0.493 e. The van der Waals surface area contributed by atoms with Crippen LogP contribution in [0.25, 0.3) is 0 Å². The van der Waals surface area contributed by atoms with Crippen LogP contribution in [0.1, 0.15) is 42.4 Å². The van der Waals surface area contributed by atoms with Crippen LogP contribution < -0.4 is 20.5 Å². The van der Waals surface area contributed by atoms with Gasteiger partial charge in [0.1, 0.15) is 0 Å².